The topological polar surface area (TPSA) is 69.0 Å². The van der Waals surface area contributed by atoms with Crippen molar-refractivity contribution in [3.05, 3.63) is 64.9 Å². The van der Waals surface area contributed by atoms with Gasteiger partial charge in [0, 0.05) is 17.8 Å². The lowest BCUT2D eigenvalue weighted by Crippen LogP contribution is -2.15. The van der Waals surface area contributed by atoms with E-state index in [1.807, 2.05) is 54.9 Å². The van der Waals surface area contributed by atoms with Crippen molar-refractivity contribution in [1.29, 1.82) is 0 Å². The zero-order valence-electron chi connectivity index (χ0n) is 15.0. The largest absolute Gasteiger partial charge is 0.486 e. The highest BCUT2D eigenvalue weighted by atomic mass is 35.5. The standard InChI is InChI=1S/C19H19ClN4O2S/c1-13-15(20)9-6-10-16(13)21-18(25)12-27-19-23-22-17(24(19)2)11-26-14-7-4-3-5-8-14/h3-10H,11-12H2,1-2H3,(H,21,25). The van der Waals surface area contributed by atoms with Gasteiger partial charge in [-0.25, -0.2) is 0 Å². The summed E-state index contributed by atoms with van der Waals surface area (Å²) in [5, 5.41) is 12.4. The summed E-state index contributed by atoms with van der Waals surface area (Å²) in [4.78, 5) is 12.2. The average Bonchev–Trinajstić information content (AvgIpc) is 3.03. The van der Waals surface area contributed by atoms with E-state index in [2.05, 4.69) is 15.5 Å². The molecular weight excluding hydrogens is 384 g/mol. The molecule has 8 heteroatoms. The number of nitrogens with one attached hydrogen (secondary N) is 1. The van der Waals surface area contributed by atoms with Gasteiger partial charge < -0.3 is 14.6 Å². The number of ether oxygens (including phenoxy) is 1. The zero-order chi connectivity index (χ0) is 19.2. The Kier molecular flexibility index (Phi) is 6.36. The van der Waals surface area contributed by atoms with Crippen molar-refractivity contribution < 1.29 is 9.53 Å². The number of halogens is 1. The fourth-order valence-electron chi connectivity index (χ4n) is 2.32. The van der Waals surface area contributed by atoms with Crippen LogP contribution in [-0.2, 0) is 18.4 Å². The molecule has 0 spiro atoms. The van der Waals surface area contributed by atoms with Crippen LogP contribution >= 0.6 is 23.4 Å². The number of aromatic nitrogens is 3. The number of benzene rings is 2. The Balaban J connectivity index is 1.54. The average molecular weight is 403 g/mol. The van der Waals surface area contributed by atoms with Crippen LogP contribution in [0.1, 0.15) is 11.4 Å². The van der Waals surface area contributed by atoms with Crippen LogP contribution in [0.5, 0.6) is 5.75 Å². The van der Waals surface area contributed by atoms with Crippen LogP contribution in [0.4, 0.5) is 5.69 Å². The molecule has 2 aromatic carbocycles. The number of amides is 1. The lowest BCUT2D eigenvalue weighted by atomic mass is 10.2. The molecule has 3 rings (SSSR count). The maximum atomic E-state index is 12.2. The van der Waals surface area contributed by atoms with Gasteiger partial charge in [0.25, 0.3) is 0 Å². The maximum absolute atomic E-state index is 12.2. The van der Waals surface area contributed by atoms with Gasteiger partial charge in [0.1, 0.15) is 12.4 Å². The van der Waals surface area contributed by atoms with Crippen LogP contribution in [0.25, 0.3) is 0 Å². The minimum Gasteiger partial charge on any atom is -0.486 e. The SMILES string of the molecule is Cc1c(Cl)cccc1NC(=O)CSc1nnc(COc2ccccc2)n1C. The zero-order valence-corrected chi connectivity index (χ0v) is 16.5. The van der Waals surface area contributed by atoms with E-state index in [0.717, 1.165) is 11.3 Å². The third-order valence-corrected chi connectivity index (χ3v) is 5.34. The van der Waals surface area contributed by atoms with Gasteiger partial charge in [-0.05, 0) is 36.8 Å². The smallest absolute Gasteiger partial charge is 0.234 e. The number of anilines is 1. The molecule has 6 nitrogen and oxygen atoms in total. The molecule has 0 bridgehead atoms. The fraction of sp³-hybridized carbons (Fsp3) is 0.211. The van der Waals surface area contributed by atoms with Crippen LogP contribution in [-0.4, -0.2) is 26.4 Å². The van der Waals surface area contributed by atoms with Crippen molar-refractivity contribution >= 4 is 35.0 Å². The molecule has 27 heavy (non-hydrogen) atoms. The number of thioether (sulfide) groups is 1. The molecule has 0 saturated carbocycles. The summed E-state index contributed by atoms with van der Waals surface area (Å²) in [6.45, 7) is 2.18. The van der Waals surface area contributed by atoms with E-state index < -0.39 is 0 Å². The normalized spacial score (nSPS) is 10.6. The predicted molar refractivity (Wildman–Crippen MR) is 107 cm³/mol. The van der Waals surface area contributed by atoms with Crippen molar-refractivity contribution in [3.8, 4) is 5.75 Å². The molecule has 0 radical (unpaired) electrons. The van der Waals surface area contributed by atoms with Crippen LogP contribution in [0.3, 0.4) is 0 Å². The van der Waals surface area contributed by atoms with Crippen LogP contribution in [0, 0.1) is 6.92 Å². The molecular formula is C19H19ClN4O2S. The van der Waals surface area contributed by atoms with E-state index in [4.69, 9.17) is 16.3 Å². The Labute approximate surface area is 166 Å². The number of para-hydroxylation sites is 1. The van der Waals surface area contributed by atoms with Crippen molar-refractivity contribution in [2.75, 3.05) is 11.1 Å². The highest BCUT2D eigenvalue weighted by Gasteiger charge is 2.13. The van der Waals surface area contributed by atoms with E-state index in [-0.39, 0.29) is 11.7 Å². The Morgan fingerprint density at radius 1 is 1.19 bits per heavy atom. The third kappa shape index (κ3) is 5.02. The maximum Gasteiger partial charge on any atom is 0.234 e. The molecule has 0 atom stereocenters. The van der Waals surface area contributed by atoms with E-state index in [0.29, 0.717) is 28.3 Å². The summed E-state index contributed by atoms with van der Waals surface area (Å²) in [5.74, 6) is 1.55. The summed E-state index contributed by atoms with van der Waals surface area (Å²) in [6, 6.07) is 14.9. The molecule has 3 aromatic rings. The van der Waals surface area contributed by atoms with E-state index >= 15 is 0 Å². The molecule has 1 aromatic heterocycles. The molecule has 1 heterocycles. The van der Waals surface area contributed by atoms with Gasteiger partial charge in [-0.2, -0.15) is 0 Å². The number of carbonyl (C=O) groups excluding carboxylic acids is 1. The predicted octanol–water partition coefficient (Wildman–Crippen LogP) is 4.09. The minimum absolute atomic E-state index is 0.129. The number of nitrogens with zero attached hydrogens (tertiary/aromatic N) is 3. The first kappa shape index (κ1) is 19.3. The Morgan fingerprint density at radius 2 is 1.96 bits per heavy atom. The Morgan fingerprint density at radius 3 is 2.74 bits per heavy atom. The molecule has 0 aliphatic rings. The fourth-order valence-corrected chi connectivity index (χ4v) is 3.22. The highest BCUT2D eigenvalue weighted by Crippen LogP contribution is 2.23. The Hall–Kier alpha value is -2.51. The summed E-state index contributed by atoms with van der Waals surface area (Å²) < 4.78 is 7.52. The Bertz CT molecular complexity index is 931. The quantitative estimate of drug-likeness (QED) is 0.603. The van der Waals surface area contributed by atoms with Crippen LogP contribution in [0.2, 0.25) is 5.02 Å². The van der Waals surface area contributed by atoms with Gasteiger partial charge >= 0.3 is 0 Å². The summed E-state index contributed by atoms with van der Waals surface area (Å²) in [7, 11) is 1.85. The lowest BCUT2D eigenvalue weighted by Gasteiger charge is -2.09. The molecule has 0 aliphatic heterocycles. The van der Waals surface area contributed by atoms with Crippen molar-refractivity contribution in [1.82, 2.24) is 14.8 Å². The second-order valence-corrected chi connectivity index (χ2v) is 7.16. The van der Waals surface area contributed by atoms with E-state index in [1.165, 1.54) is 11.8 Å². The van der Waals surface area contributed by atoms with Crippen molar-refractivity contribution in [2.45, 2.75) is 18.7 Å². The lowest BCUT2D eigenvalue weighted by molar-refractivity contribution is -0.113. The number of rotatable bonds is 7. The minimum atomic E-state index is -0.129. The van der Waals surface area contributed by atoms with Gasteiger partial charge in [0.15, 0.2) is 11.0 Å². The summed E-state index contributed by atoms with van der Waals surface area (Å²) in [5.41, 5.74) is 1.56. The molecule has 0 unspecified atom stereocenters. The summed E-state index contributed by atoms with van der Waals surface area (Å²) >= 11 is 7.39. The van der Waals surface area contributed by atoms with E-state index in [9.17, 15) is 4.79 Å². The number of carbonyl (C=O) groups is 1. The van der Waals surface area contributed by atoms with Gasteiger partial charge in [0.05, 0.1) is 5.75 Å². The molecule has 140 valence electrons. The molecule has 1 N–H and O–H groups in total. The second-order valence-electron chi connectivity index (χ2n) is 5.81. The number of hydrogen-bond donors (Lipinski definition) is 1. The van der Waals surface area contributed by atoms with Gasteiger partial charge in [-0.3, -0.25) is 4.79 Å². The summed E-state index contributed by atoms with van der Waals surface area (Å²) in [6.07, 6.45) is 0. The van der Waals surface area contributed by atoms with Crippen LogP contribution < -0.4 is 10.1 Å². The first-order valence-electron chi connectivity index (χ1n) is 8.28. The van der Waals surface area contributed by atoms with Gasteiger partial charge in [0.2, 0.25) is 5.91 Å². The van der Waals surface area contributed by atoms with Gasteiger partial charge in [-0.1, -0.05) is 47.6 Å². The van der Waals surface area contributed by atoms with Gasteiger partial charge in [-0.15, -0.1) is 10.2 Å². The second kappa shape index (κ2) is 8.92. The molecule has 0 aliphatic carbocycles. The highest BCUT2D eigenvalue weighted by molar-refractivity contribution is 7.99. The van der Waals surface area contributed by atoms with E-state index in [1.54, 1.807) is 12.1 Å². The number of hydrogen-bond acceptors (Lipinski definition) is 5. The third-order valence-electron chi connectivity index (χ3n) is 3.91. The molecule has 1 amide bonds. The van der Waals surface area contributed by atoms with Crippen LogP contribution in [0.15, 0.2) is 53.7 Å². The monoisotopic (exact) mass is 402 g/mol. The van der Waals surface area contributed by atoms with Crippen molar-refractivity contribution in [2.24, 2.45) is 7.05 Å². The molecule has 0 saturated heterocycles. The first-order chi connectivity index (χ1) is 13.0. The molecule has 0 fully saturated rings. The first-order valence-corrected chi connectivity index (χ1v) is 9.65. The van der Waals surface area contributed by atoms with Crippen molar-refractivity contribution in [3.63, 3.8) is 0 Å².